The van der Waals surface area contributed by atoms with Crippen LogP contribution in [-0.2, 0) is 4.79 Å². The number of carbonyl (C=O) groups is 1. The van der Waals surface area contributed by atoms with E-state index in [-0.39, 0.29) is 18.1 Å². The van der Waals surface area contributed by atoms with Crippen molar-refractivity contribution in [3.05, 3.63) is 65.0 Å². The van der Waals surface area contributed by atoms with Gasteiger partial charge in [-0.15, -0.1) is 0 Å². The predicted molar refractivity (Wildman–Crippen MR) is 113 cm³/mol. The lowest BCUT2D eigenvalue weighted by atomic mass is 10.1. The molecule has 0 unspecified atom stereocenters. The number of halogens is 2. The number of pyridine rings is 1. The summed E-state index contributed by atoms with van der Waals surface area (Å²) < 4.78 is 14.7. The molecular weight excluding hydrogens is 423 g/mol. The number of fused-ring (bicyclic) bond motifs is 1. The van der Waals surface area contributed by atoms with Crippen LogP contribution in [0.2, 0.25) is 0 Å². The molecule has 1 N–H and O–H groups in total. The Bertz CT molecular complexity index is 1000. The maximum Gasteiger partial charge on any atom is 0.238 e. The van der Waals surface area contributed by atoms with Crippen molar-refractivity contribution >= 4 is 44.1 Å². The van der Waals surface area contributed by atoms with Crippen molar-refractivity contribution in [3.63, 3.8) is 0 Å². The molecule has 2 heterocycles. The Morgan fingerprint density at radius 2 is 1.89 bits per heavy atom. The first kappa shape index (κ1) is 18.8. The number of piperazine rings is 1. The van der Waals surface area contributed by atoms with Gasteiger partial charge in [0.05, 0.1) is 17.7 Å². The molecule has 0 radical (unpaired) electrons. The van der Waals surface area contributed by atoms with Crippen LogP contribution >= 0.6 is 15.9 Å². The highest BCUT2D eigenvalue weighted by atomic mass is 79.9. The molecule has 1 aliphatic heterocycles. The van der Waals surface area contributed by atoms with Gasteiger partial charge >= 0.3 is 0 Å². The molecule has 0 bridgehead atoms. The first-order chi connectivity index (χ1) is 13.6. The van der Waals surface area contributed by atoms with Crippen LogP contribution in [-0.4, -0.2) is 48.5 Å². The van der Waals surface area contributed by atoms with Gasteiger partial charge in [0, 0.05) is 47.9 Å². The monoisotopic (exact) mass is 442 g/mol. The lowest BCUT2D eigenvalue weighted by molar-refractivity contribution is -0.117. The first-order valence-electron chi connectivity index (χ1n) is 9.16. The summed E-state index contributed by atoms with van der Waals surface area (Å²) in [7, 11) is 0. The SMILES string of the molecule is O=C(CN1CCN(c2ccnc3ccc(Br)cc23)CC1)Nc1ccccc1F. The van der Waals surface area contributed by atoms with Gasteiger partial charge in [-0.1, -0.05) is 28.1 Å². The molecule has 1 amide bonds. The number of para-hydroxylation sites is 1. The Morgan fingerprint density at radius 1 is 1.11 bits per heavy atom. The highest BCUT2D eigenvalue weighted by Gasteiger charge is 2.21. The number of carbonyl (C=O) groups excluding carboxylic acids is 1. The molecule has 144 valence electrons. The van der Waals surface area contributed by atoms with E-state index in [1.165, 1.54) is 6.07 Å². The van der Waals surface area contributed by atoms with Crippen LogP contribution in [0.1, 0.15) is 0 Å². The average molecular weight is 443 g/mol. The minimum absolute atomic E-state index is 0.197. The molecular formula is C21H20BrFN4O. The van der Waals surface area contributed by atoms with Gasteiger partial charge < -0.3 is 10.2 Å². The second kappa shape index (κ2) is 8.24. The van der Waals surface area contributed by atoms with Crippen LogP contribution in [0.4, 0.5) is 15.8 Å². The Kier molecular flexibility index (Phi) is 5.54. The molecule has 2 aromatic carbocycles. The van der Waals surface area contributed by atoms with E-state index in [0.717, 1.165) is 47.2 Å². The number of benzene rings is 2. The Morgan fingerprint density at radius 3 is 2.68 bits per heavy atom. The highest BCUT2D eigenvalue weighted by Crippen LogP contribution is 2.28. The number of nitrogens with zero attached hydrogens (tertiary/aromatic N) is 3. The van der Waals surface area contributed by atoms with E-state index in [2.05, 4.69) is 42.1 Å². The predicted octanol–water partition coefficient (Wildman–Crippen LogP) is 3.90. The molecule has 1 fully saturated rings. The van der Waals surface area contributed by atoms with Crippen molar-refractivity contribution in [2.75, 3.05) is 42.9 Å². The molecule has 1 saturated heterocycles. The number of aromatic nitrogens is 1. The van der Waals surface area contributed by atoms with Gasteiger partial charge in [-0.3, -0.25) is 14.7 Å². The van der Waals surface area contributed by atoms with Crippen molar-refractivity contribution in [1.29, 1.82) is 0 Å². The summed E-state index contributed by atoms with van der Waals surface area (Å²) in [5.41, 5.74) is 2.34. The molecule has 1 aromatic heterocycles. The van der Waals surface area contributed by atoms with Gasteiger partial charge in [0.1, 0.15) is 5.82 Å². The van der Waals surface area contributed by atoms with Crippen molar-refractivity contribution in [2.24, 2.45) is 0 Å². The molecule has 28 heavy (non-hydrogen) atoms. The summed E-state index contributed by atoms with van der Waals surface area (Å²) in [6.07, 6.45) is 1.83. The van der Waals surface area contributed by atoms with Crippen LogP contribution in [0.5, 0.6) is 0 Å². The third-order valence-electron chi connectivity index (χ3n) is 4.91. The van der Waals surface area contributed by atoms with Crippen LogP contribution in [0.15, 0.2) is 59.2 Å². The summed E-state index contributed by atoms with van der Waals surface area (Å²) in [6.45, 7) is 3.42. The van der Waals surface area contributed by atoms with E-state index in [0.29, 0.717) is 0 Å². The minimum Gasteiger partial charge on any atom is -0.368 e. The van der Waals surface area contributed by atoms with E-state index < -0.39 is 5.82 Å². The third-order valence-corrected chi connectivity index (χ3v) is 5.40. The lowest BCUT2D eigenvalue weighted by Crippen LogP contribution is -2.48. The van der Waals surface area contributed by atoms with Crippen LogP contribution in [0.3, 0.4) is 0 Å². The normalized spacial score (nSPS) is 15.0. The summed E-state index contributed by atoms with van der Waals surface area (Å²) in [4.78, 5) is 21.1. The first-order valence-corrected chi connectivity index (χ1v) is 9.95. The molecule has 7 heteroatoms. The zero-order chi connectivity index (χ0) is 19.5. The van der Waals surface area contributed by atoms with Crippen molar-refractivity contribution in [3.8, 4) is 0 Å². The Balaban J connectivity index is 1.38. The van der Waals surface area contributed by atoms with Gasteiger partial charge in [0.15, 0.2) is 0 Å². The fourth-order valence-corrected chi connectivity index (χ4v) is 3.84. The van der Waals surface area contributed by atoms with Gasteiger partial charge in [-0.25, -0.2) is 4.39 Å². The summed E-state index contributed by atoms with van der Waals surface area (Å²) in [6, 6.07) is 14.3. The number of amides is 1. The van der Waals surface area contributed by atoms with Crippen LogP contribution in [0, 0.1) is 5.82 Å². The summed E-state index contributed by atoms with van der Waals surface area (Å²) in [5.74, 6) is -0.617. The van der Waals surface area contributed by atoms with Crippen LogP contribution < -0.4 is 10.2 Å². The maximum absolute atomic E-state index is 13.7. The van der Waals surface area contributed by atoms with E-state index in [9.17, 15) is 9.18 Å². The van der Waals surface area contributed by atoms with Gasteiger partial charge in [0.2, 0.25) is 5.91 Å². The second-order valence-corrected chi connectivity index (χ2v) is 7.70. The number of nitrogens with one attached hydrogen (secondary N) is 1. The molecule has 0 aliphatic carbocycles. The molecule has 3 aromatic rings. The topological polar surface area (TPSA) is 48.5 Å². The van der Waals surface area contributed by atoms with E-state index in [1.807, 2.05) is 24.4 Å². The summed E-state index contributed by atoms with van der Waals surface area (Å²) >= 11 is 3.53. The number of rotatable bonds is 4. The Hall–Kier alpha value is -2.51. The van der Waals surface area contributed by atoms with Crippen LogP contribution in [0.25, 0.3) is 10.9 Å². The molecule has 4 rings (SSSR count). The largest absolute Gasteiger partial charge is 0.368 e. The molecule has 1 aliphatic rings. The van der Waals surface area contributed by atoms with E-state index in [1.54, 1.807) is 18.2 Å². The zero-order valence-electron chi connectivity index (χ0n) is 15.2. The standard InChI is InChI=1S/C21H20BrFN4O/c22-15-5-6-18-16(13-15)20(7-8-24-18)27-11-9-26(10-12-27)14-21(28)25-19-4-2-1-3-17(19)23/h1-8,13H,9-12,14H2,(H,25,28). The minimum atomic E-state index is -0.420. The van der Waals surface area contributed by atoms with Crippen molar-refractivity contribution < 1.29 is 9.18 Å². The maximum atomic E-state index is 13.7. The number of hydrogen-bond donors (Lipinski definition) is 1. The third kappa shape index (κ3) is 4.15. The smallest absolute Gasteiger partial charge is 0.238 e. The van der Waals surface area contributed by atoms with Gasteiger partial charge in [-0.2, -0.15) is 0 Å². The van der Waals surface area contributed by atoms with Gasteiger partial charge in [-0.05, 0) is 36.4 Å². The summed E-state index contributed by atoms with van der Waals surface area (Å²) in [5, 5.41) is 3.76. The van der Waals surface area contributed by atoms with Crippen molar-refractivity contribution in [2.45, 2.75) is 0 Å². The molecule has 0 spiro atoms. The average Bonchev–Trinajstić information content (AvgIpc) is 2.70. The lowest BCUT2D eigenvalue weighted by Gasteiger charge is -2.36. The van der Waals surface area contributed by atoms with E-state index in [4.69, 9.17) is 0 Å². The van der Waals surface area contributed by atoms with E-state index >= 15 is 0 Å². The zero-order valence-corrected chi connectivity index (χ0v) is 16.8. The number of hydrogen-bond acceptors (Lipinski definition) is 4. The Labute approximate surface area is 171 Å². The fraction of sp³-hybridized carbons (Fsp3) is 0.238. The van der Waals surface area contributed by atoms with Crippen molar-refractivity contribution in [1.82, 2.24) is 9.88 Å². The fourth-order valence-electron chi connectivity index (χ4n) is 3.48. The quantitative estimate of drug-likeness (QED) is 0.665. The molecule has 0 atom stereocenters. The second-order valence-electron chi connectivity index (χ2n) is 6.78. The molecule has 0 saturated carbocycles. The highest BCUT2D eigenvalue weighted by molar-refractivity contribution is 9.10. The number of anilines is 2. The van der Waals surface area contributed by atoms with Gasteiger partial charge in [0.25, 0.3) is 0 Å². The molecule has 5 nitrogen and oxygen atoms in total.